The Balaban J connectivity index is 2.16. The van der Waals surface area contributed by atoms with E-state index in [0.717, 1.165) is 6.54 Å². The van der Waals surface area contributed by atoms with Gasteiger partial charge >= 0.3 is 0 Å². The fourth-order valence-electron chi connectivity index (χ4n) is 3.36. The summed E-state index contributed by atoms with van der Waals surface area (Å²) in [6.45, 7) is 5.78. The lowest BCUT2D eigenvalue weighted by Crippen LogP contribution is -2.33. The Kier molecular flexibility index (Phi) is 4.45. The van der Waals surface area contributed by atoms with E-state index in [9.17, 15) is 0 Å². The molecule has 18 heavy (non-hydrogen) atoms. The number of hydrogen-bond acceptors (Lipinski definition) is 1. The summed E-state index contributed by atoms with van der Waals surface area (Å²) in [6.07, 6.45) is 7.65. The van der Waals surface area contributed by atoms with Gasteiger partial charge < -0.3 is 5.32 Å². The molecule has 0 aromatic heterocycles. The molecule has 0 heterocycles. The molecule has 0 saturated carbocycles. The second-order valence-corrected chi connectivity index (χ2v) is 5.87. The second kappa shape index (κ2) is 5.88. The van der Waals surface area contributed by atoms with Crippen LogP contribution in [0.5, 0.6) is 0 Å². The fourth-order valence-corrected chi connectivity index (χ4v) is 3.36. The molecule has 0 atom stereocenters. The van der Waals surface area contributed by atoms with Crippen molar-refractivity contribution in [2.24, 2.45) is 5.41 Å². The zero-order chi connectivity index (χ0) is 13.0. The van der Waals surface area contributed by atoms with E-state index in [-0.39, 0.29) is 0 Å². The van der Waals surface area contributed by atoms with E-state index in [2.05, 4.69) is 44.4 Å². The lowest BCUT2D eigenvalue weighted by atomic mass is 9.76. The third-order valence-electron chi connectivity index (χ3n) is 4.79. The van der Waals surface area contributed by atoms with Crippen molar-refractivity contribution >= 4 is 0 Å². The number of benzene rings is 1. The molecule has 0 amide bonds. The molecule has 1 heteroatoms. The average molecular weight is 245 g/mol. The molecule has 1 aliphatic rings. The molecule has 1 aromatic rings. The van der Waals surface area contributed by atoms with Crippen molar-refractivity contribution in [2.45, 2.75) is 52.4 Å². The normalized spacial score (nSPS) is 14.8. The maximum atomic E-state index is 3.38. The smallest absolute Gasteiger partial charge is 0.000779 e. The summed E-state index contributed by atoms with van der Waals surface area (Å²) in [5, 5.41) is 3.38. The fraction of sp³-hybridized carbons (Fsp3) is 0.647. The summed E-state index contributed by atoms with van der Waals surface area (Å²) < 4.78 is 0. The van der Waals surface area contributed by atoms with E-state index in [1.165, 1.54) is 44.1 Å². The van der Waals surface area contributed by atoms with Crippen molar-refractivity contribution < 1.29 is 0 Å². The highest BCUT2D eigenvalue weighted by Crippen LogP contribution is 2.32. The summed E-state index contributed by atoms with van der Waals surface area (Å²) in [6, 6.07) is 7.20. The molecule has 0 fully saturated rings. The molecule has 0 aliphatic heterocycles. The van der Waals surface area contributed by atoms with E-state index in [1.54, 1.807) is 11.1 Å². The first-order valence-corrected chi connectivity index (χ1v) is 7.48. The first kappa shape index (κ1) is 13.6. The largest absolute Gasteiger partial charge is 0.319 e. The molecule has 1 nitrogen and oxygen atoms in total. The summed E-state index contributed by atoms with van der Waals surface area (Å²) in [5.74, 6) is 0. The Morgan fingerprint density at radius 2 is 1.83 bits per heavy atom. The van der Waals surface area contributed by atoms with Crippen molar-refractivity contribution in [3.63, 3.8) is 0 Å². The van der Waals surface area contributed by atoms with Gasteiger partial charge in [0, 0.05) is 6.54 Å². The van der Waals surface area contributed by atoms with Gasteiger partial charge in [-0.1, -0.05) is 32.0 Å². The number of fused-ring (bicyclic) bond motifs is 1. The zero-order valence-electron chi connectivity index (χ0n) is 12.2. The van der Waals surface area contributed by atoms with Gasteiger partial charge in [0.25, 0.3) is 0 Å². The standard InChI is InChI=1S/C17H27N/c1-4-17(5-2,13-18-3)12-14-9-10-15-7-6-8-16(15)11-14/h9-11,18H,4-8,12-13H2,1-3H3. The van der Waals surface area contributed by atoms with Crippen molar-refractivity contribution in [3.8, 4) is 0 Å². The van der Waals surface area contributed by atoms with Crippen LogP contribution < -0.4 is 5.32 Å². The third kappa shape index (κ3) is 2.77. The van der Waals surface area contributed by atoms with E-state index in [4.69, 9.17) is 0 Å². The average Bonchev–Trinajstić information content (AvgIpc) is 2.85. The molecule has 2 rings (SSSR count). The van der Waals surface area contributed by atoms with Crippen LogP contribution in [0.25, 0.3) is 0 Å². The van der Waals surface area contributed by atoms with Crippen molar-refractivity contribution in [2.75, 3.05) is 13.6 Å². The molecule has 0 radical (unpaired) electrons. The van der Waals surface area contributed by atoms with E-state index in [1.807, 2.05) is 0 Å². The van der Waals surface area contributed by atoms with Crippen molar-refractivity contribution in [1.82, 2.24) is 5.32 Å². The van der Waals surface area contributed by atoms with Crippen LogP contribution in [0.2, 0.25) is 0 Å². The predicted molar refractivity (Wildman–Crippen MR) is 79.1 cm³/mol. The predicted octanol–water partition coefficient (Wildman–Crippen LogP) is 3.74. The summed E-state index contributed by atoms with van der Waals surface area (Å²) in [4.78, 5) is 0. The second-order valence-electron chi connectivity index (χ2n) is 5.87. The van der Waals surface area contributed by atoms with E-state index in [0.29, 0.717) is 5.41 Å². The van der Waals surface area contributed by atoms with Gasteiger partial charge in [0.2, 0.25) is 0 Å². The Morgan fingerprint density at radius 3 is 2.50 bits per heavy atom. The van der Waals surface area contributed by atoms with Gasteiger partial charge in [-0.3, -0.25) is 0 Å². The highest BCUT2D eigenvalue weighted by atomic mass is 14.8. The van der Waals surface area contributed by atoms with E-state index >= 15 is 0 Å². The summed E-state index contributed by atoms with van der Waals surface area (Å²) >= 11 is 0. The molecular weight excluding hydrogens is 218 g/mol. The monoisotopic (exact) mass is 245 g/mol. The molecule has 1 N–H and O–H groups in total. The minimum atomic E-state index is 0.432. The Morgan fingerprint density at radius 1 is 1.11 bits per heavy atom. The van der Waals surface area contributed by atoms with Gasteiger partial charge in [0.15, 0.2) is 0 Å². The van der Waals surface area contributed by atoms with Gasteiger partial charge in [-0.2, -0.15) is 0 Å². The van der Waals surface area contributed by atoms with Gasteiger partial charge in [-0.15, -0.1) is 0 Å². The highest BCUT2D eigenvalue weighted by molar-refractivity contribution is 5.35. The van der Waals surface area contributed by atoms with Crippen LogP contribution in [-0.4, -0.2) is 13.6 Å². The number of hydrogen-bond donors (Lipinski definition) is 1. The minimum absolute atomic E-state index is 0.432. The maximum Gasteiger partial charge on any atom is 0.000779 e. The Labute approximate surface area is 112 Å². The van der Waals surface area contributed by atoms with Crippen LogP contribution in [-0.2, 0) is 19.3 Å². The van der Waals surface area contributed by atoms with Gasteiger partial charge in [-0.05, 0) is 67.7 Å². The van der Waals surface area contributed by atoms with Crippen LogP contribution in [0.4, 0.5) is 0 Å². The molecular formula is C17H27N. The number of rotatable bonds is 6. The lowest BCUT2D eigenvalue weighted by Gasteiger charge is -2.32. The quantitative estimate of drug-likeness (QED) is 0.805. The van der Waals surface area contributed by atoms with Gasteiger partial charge in [0.05, 0.1) is 0 Å². The lowest BCUT2D eigenvalue weighted by molar-refractivity contribution is 0.253. The zero-order valence-corrected chi connectivity index (χ0v) is 12.2. The third-order valence-corrected chi connectivity index (χ3v) is 4.79. The SMILES string of the molecule is CCC(CC)(CNC)Cc1ccc2c(c1)CCC2. The Hall–Kier alpha value is -0.820. The molecule has 0 spiro atoms. The van der Waals surface area contributed by atoms with Crippen molar-refractivity contribution in [3.05, 3.63) is 34.9 Å². The van der Waals surface area contributed by atoms with Crippen LogP contribution in [0.1, 0.15) is 49.8 Å². The highest BCUT2D eigenvalue weighted by Gasteiger charge is 2.26. The first-order chi connectivity index (χ1) is 8.73. The molecule has 100 valence electrons. The maximum absolute atomic E-state index is 3.38. The Bertz CT molecular complexity index is 391. The van der Waals surface area contributed by atoms with Gasteiger partial charge in [0.1, 0.15) is 0 Å². The topological polar surface area (TPSA) is 12.0 Å². The molecule has 0 bridgehead atoms. The van der Waals surface area contributed by atoms with Crippen LogP contribution >= 0.6 is 0 Å². The number of aryl methyl sites for hydroxylation is 2. The first-order valence-electron chi connectivity index (χ1n) is 7.48. The van der Waals surface area contributed by atoms with Crippen LogP contribution in [0.15, 0.2) is 18.2 Å². The van der Waals surface area contributed by atoms with Gasteiger partial charge in [-0.25, -0.2) is 0 Å². The molecule has 1 aliphatic carbocycles. The molecule has 0 unspecified atom stereocenters. The van der Waals surface area contributed by atoms with Crippen LogP contribution in [0.3, 0.4) is 0 Å². The van der Waals surface area contributed by atoms with Crippen LogP contribution in [0, 0.1) is 5.41 Å². The molecule has 0 saturated heterocycles. The van der Waals surface area contributed by atoms with Crippen molar-refractivity contribution in [1.29, 1.82) is 0 Å². The van der Waals surface area contributed by atoms with E-state index < -0.39 is 0 Å². The summed E-state index contributed by atoms with van der Waals surface area (Å²) in [7, 11) is 2.07. The molecule has 1 aromatic carbocycles. The minimum Gasteiger partial charge on any atom is -0.319 e. The number of nitrogens with one attached hydrogen (secondary N) is 1. The summed E-state index contributed by atoms with van der Waals surface area (Å²) in [5.41, 5.74) is 5.17.